The molecule has 5 rings (SSSR count). The van der Waals surface area contributed by atoms with Crippen LogP contribution in [0, 0.1) is 0 Å². The van der Waals surface area contributed by atoms with Gasteiger partial charge >= 0.3 is 0 Å². The van der Waals surface area contributed by atoms with Gasteiger partial charge in [0, 0.05) is 18.5 Å². The lowest BCUT2D eigenvalue weighted by Crippen LogP contribution is -2.43. The average Bonchev–Trinajstić information content (AvgIpc) is 3.20. The fraction of sp³-hybridized carbons (Fsp3) is 0.185. The summed E-state index contributed by atoms with van der Waals surface area (Å²) < 4.78 is 0. The fourth-order valence-electron chi connectivity index (χ4n) is 3.99. The number of carbonyl (C=O) groups excluding carboxylic acids is 2. The molecule has 0 aromatic heterocycles. The lowest BCUT2D eigenvalue weighted by molar-refractivity contribution is -0.124. The van der Waals surface area contributed by atoms with E-state index in [0.717, 1.165) is 22.4 Å². The summed E-state index contributed by atoms with van der Waals surface area (Å²) in [5, 5.41) is 3.02. The van der Waals surface area contributed by atoms with Crippen molar-refractivity contribution in [3.05, 3.63) is 102 Å². The van der Waals surface area contributed by atoms with E-state index in [0.29, 0.717) is 24.0 Å². The van der Waals surface area contributed by atoms with E-state index in [4.69, 9.17) is 9.98 Å². The number of rotatable bonds is 6. The standard InChI is InChI=1S/C27H24N4O2S/c1-18(25(32)28-17-20-12-6-3-7-13-20)34-27-30-22-15-9-8-14-21(22)24-29-23(26(33)31(24)27)16-19-10-4-2-5-11-19/h2-15,18,23H,16-17H2,1H3,(H,28,32)/t18-,23-/m0/s1. The molecule has 2 aliphatic heterocycles. The molecule has 0 saturated carbocycles. The number of aliphatic imine (C=N–C) groups is 2. The Hall–Kier alpha value is -3.71. The first-order valence-electron chi connectivity index (χ1n) is 11.2. The molecule has 3 aromatic rings. The predicted molar refractivity (Wildman–Crippen MR) is 136 cm³/mol. The predicted octanol–water partition coefficient (Wildman–Crippen LogP) is 4.33. The van der Waals surface area contributed by atoms with Crippen LogP contribution in [0.4, 0.5) is 5.69 Å². The Bertz CT molecular complexity index is 1270. The van der Waals surface area contributed by atoms with Gasteiger partial charge in [0.25, 0.3) is 5.91 Å². The highest BCUT2D eigenvalue weighted by Gasteiger charge is 2.42. The third-order valence-electron chi connectivity index (χ3n) is 5.78. The number of benzene rings is 3. The number of hydrogen-bond donors (Lipinski definition) is 1. The number of nitrogens with zero attached hydrogens (tertiary/aromatic N) is 3. The van der Waals surface area contributed by atoms with E-state index < -0.39 is 11.3 Å². The average molecular weight is 469 g/mol. The van der Waals surface area contributed by atoms with Crippen LogP contribution in [-0.4, -0.2) is 39.0 Å². The zero-order valence-corrected chi connectivity index (χ0v) is 19.5. The second kappa shape index (κ2) is 9.65. The molecule has 0 fully saturated rings. The summed E-state index contributed by atoms with van der Waals surface area (Å²) >= 11 is 1.28. The fourth-order valence-corrected chi connectivity index (χ4v) is 4.93. The number of hydrogen-bond acceptors (Lipinski definition) is 5. The maximum absolute atomic E-state index is 13.4. The van der Waals surface area contributed by atoms with Gasteiger partial charge in [0.1, 0.15) is 11.9 Å². The first-order valence-corrected chi connectivity index (χ1v) is 12.1. The number of amides is 2. The smallest absolute Gasteiger partial charge is 0.259 e. The van der Waals surface area contributed by atoms with E-state index in [1.807, 2.05) is 91.9 Å². The van der Waals surface area contributed by atoms with Crippen LogP contribution in [-0.2, 0) is 22.6 Å². The summed E-state index contributed by atoms with van der Waals surface area (Å²) in [5.41, 5.74) is 3.67. The molecule has 0 radical (unpaired) electrons. The van der Waals surface area contributed by atoms with E-state index in [1.54, 1.807) is 4.90 Å². The minimum atomic E-state index is -0.517. The van der Waals surface area contributed by atoms with Crippen LogP contribution in [0.1, 0.15) is 23.6 Å². The highest BCUT2D eigenvalue weighted by Crippen LogP contribution is 2.35. The molecule has 170 valence electrons. The van der Waals surface area contributed by atoms with Gasteiger partial charge in [-0.3, -0.25) is 14.6 Å². The quantitative estimate of drug-likeness (QED) is 0.585. The molecule has 2 atom stereocenters. The van der Waals surface area contributed by atoms with Gasteiger partial charge in [0.15, 0.2) is 5.17 Å². The van der Waals surface area contributed by atoms with Crippen LogP contribution in [0.2, 0.25) is 0 Å². The van der Waals surface area contributed by atoms with Crippen molar-refractivity contribution in [1.82, 2.24) is 10.2 Å². The monoisotopic (exact) mass is 468 g/mol. The van der Waals surface area contributed by atoms with Gasteiger partial charge in [0.2, 0.25) is 5.91 Å². The molecule has 1 N–H and O–H groups in total. The van der Waals surface area contributed by atoms with Crippen LogP contribution in [0.3, 0.4) is 0 Å². The molecule has 3 aromatic carbocycles. The van der Waals surface area contributed by atoms with Crippen molar-refractivity contribution in [1.29, 1.82) is 0 Å². The van der Waals surface area contributed by atoms with Crippen LogP contribution in [0.15, 0.2) is 94.9 Å². The Balaban J connectivity index is 1.36. The van der Waals surface area contributed by atoms with E-state index in [2.05, 4.69) is 5.32 Å². The van der Waals surface area contributed by atoms with Gasteiger partial charge in [-0.05, 0) is 30.2 Å². The number of para-hydroxylation sites is 1. The van der Waals surface area contributed by atoms with Crippen molar-refractivity contribution in [3.63, 3.8) is 0 Å². The molecule has 0 saturated heterocycles. The molecule has 0 unspecified atom stereocenters. The highest BCUT2D eigenvalue weighted by atomic mass is 32.2. The van der Waals surface area contributed by atoms with Gasteiger partial charge in [-0.15, -0.1) is 0 Å². The van der Waals surface area contributed by atoms with Crippen molar-refractivity contribution < 1.29 is 9.59 Å². The Morgan fingerprint density at radius 3 is 2.35 bits per heavy atom. The summed E-state index contributed by atoms with van der Waals surface area (Å²) in [6.45, 7) is 2.28. The second-order valence-corrected chi connectivity index (χ2v) is 9.51. The molecule has 2 amide bonds. The van der Waals surface area contributed by atoms with Gasteiger partial charge in [-0.2, -0.15) is 0 Å². The largest absolute Gasteiger partial charge is 0.351 e. The lowest BCUT2D eigenvalue weighted by Gasteiger charge is -2.27. The zero-order valence-electron chi connectivity index (χ0n) is 18.7. The SMILES string of the molecule is C[C@H](SC1=Nc2ccccc2C2=N[C@@H](Cc3ccccc3)C(=O)N12)C(=O)NCc1ccccc1. The Labute approximate surface area is 202 Å². The summed E-state index contributed by atoms with van der Waals surface area (Å²) in [5.74, 6) is 0.383. The third kappa shape index (κ3) is 4.52. The van der Waals surface area contributed by atoms with Crippen molar-refractivity contribution in [2.45, 2.75) is 31.2 Å². The maximum atomic E-state index is 13.4. The van der Waals surface area contributed by atoms with Gasteiger partial charge < -0.3 is 5.32 Å². The van der Waals surface area contributed by atoms with E-state index in [-0.39, 0.29) is 11.8 Å². The lowest BCUT2D eigenvalue weighted by atomic mass is 10.1. The van der Waals surface area contributed by atoms with Gasteiger partial charge in [0.05, 0.1) is 10.9 Å². The molecule has 6 nitrogen and oxygen atoms in total. The van der Waals surface area contributed by atoms with Gasteiger partial charge in [-0.25, -0.2) is 9.89 Å². The van der Waals surface area contributed by atoms with E-state index in [1.165, 1.54) is 11.8 Å². The minimum absolute atomic E-state index is 0.110. The molecule has 0 aliphatic carbocycles. The van der Waals surface area contributed by atoms with Crippen LogP contribution in [0.25, 0.3) is 0 Å². The molecule has 2 aliphatic rings. The van der Waals surface area contributed by atoms with Crippen molar-refractivity contribution in [3.8, 4) is 0 Å². The first kappa shape index (κ1) is 22.1. The Morgan fingerprint density at radius 1 is 0.971 bits per heavy atom. The number of fused-ring (bicyclic) bond motifs is 3. The maximum Gasteiger partial charge on any atom is 0.259 e. The second-order valence-electron chi connectivity index (χ2n) is 8.21. The number of amidine groups is 2. The van der Waals surface area contributed by atoms with Crippen molar-refractivity contribution in [2.24, 2.45) is 9.98 Å². The molecule has 2 heterocycles. The summed E-state index contributed by atoms with van der Waals surface area (Å²) in [4.78, 5) is 37.4. The minimum Gasteiger partial charge on any atom is -0.351 e. The first-order chi connectivity index (χ1) is 16.6. The highest BCUT2D eigenvalue weighted by molar-refractivity contribution is 8.15. The summed E-state index contributed by atoms with van der Waals surface area (Å²) in [6, 6.07) is 26.8. The number of nitrogens with one attached hydrogen (secondary N) is 1. The normalized spacial score (nSPS) is 17.4. The molecule has 7 heteroatoms. The molecular weight excluding hydrogens is 444 g/mol. The topological polar surface area (TPSA) is 74.1 Å². The van der Waals surface area contributed by atoms with Crippen LogP contribution < -0.4 is 5.32 Å². The van der Waals surface area contributed by atoms with E-state index in [9.17, 15) is 9.59 Å². The van der Waals surface area contributed by atoms with Crippen LogP contribution in [0.5, 0.6) is 0 Å². The third-order valence-corrected chi connectivity index (χ3v) is 6.83. The summed E-state index contributed by atoms with van der Waals surface area (Å²) in [7, 11) is 0. The Morgan fingerprint density at radius 2 is 1.62 bits per heavy atom. The number of thioether (sulfide) groups is 1. The summed E-state index contributed by atoms with van der Waals surface area (Å²) in [6.07, 6.45) is 0.521. The molecule has 0 spiro atoms. The van der Waals surface area contributed by atoms with E-state index >= 15 is 0 Å². The van der Waals surface area contributed by atoms with Gasteiger partial charge in [-0.1, -0.05) is 84.6 Å². The Kier molecular flexibility index (Phi) is 6.27. The molecule has 0 bridgehead atoms. The molecule has 34 heavy (non-hydrogen) atoms. The number of carbonyl (C=O) groups is 2. The molecular formula is C27H24N4O2S. The van der Waals surface area contributed by atoms with Crippen LogP contribution >= 0.6 is 11.8 Å². The van der Waals surface area contributed by atoms with Crippen molar-refractivity contribution in [2.75, 3.05) is 0 Å². The van der Waals surface area contributed by atoms with Crippen molar-refractivity contribution >= 4 is 40.3 Å². The zero-order chi connectivity index (χ0) is 23.5.